The Bertz CT molecular complexity index is 1930. The van der Waals surface area contributed by atoms with Crippen LogP contribution < -0.4 is 10.1 Å². The fourth-order valence-electron chi connectivity index (χ4n) is 7.11. The third-order valence-corrected chi connectivity index (χ3v) is 10.1. The third kappa shape index (κ3) is 8.39. The number of likely N-dealkylation sites (tertiary alicyclic amines) is 1. The average molecular weight is 718 g/mol. The zero-order chi connectivity index (χ0) is 36.3. The first-order valence-corrected chi connectivity index (χ1v) is 18.0. The molecule has 2 aliphatic heterocycles. The molecule has 1 amide bonds. The molecule has 1 N–H and O–H groups in total. The van der Waals surface area contributed by atoms with E-state index in [0.29, 0.717) is 60.2 Å². The summed E-state index contributed by atoms with van der Waals surface area (Å²) in [7, 11) is 0. The number of aromatic nitrogens is 3. The summed E-state index contributed by atoms with van der Waals surface area (Å²) in [6, 6.07) is 16.7. The lowest BCUT2D eigenvalue weighted by atomic mass is 9.88. The molecular weight excluding hydrogens is 674 g/mol. The second-order valence-electron chi connectivity index (χ2n) is 14.2. The number of nitrogens with zero attached hydrogens (tertiary/aromatic N) is 4. The van der Waals surface area contributed by atoms with Crippen LogP contribution in [0, 0.1) is 11.9 Å². The molecule has 8 nitrogen and oxygen atoms in total. The Morgan fingerprint density at radius 2 is 1.87 bits per heavy atom. The Balaban J connectivity index is 1.14. The fourth-order valence-corrected chi connectivity index (χ4v) is 7.11. The van der Waals surface area contributed by atoms with Crippen molar-refractivity contribution in [3.8, 4) is 5.88 Å². The van der Waals surface area contributed by atoms with Crippen LogP contribution >= 0.6 is 0 Å². The van der Waals surface area contributed by atoms with Gasteiger partial charge in [-0.25, -0.2) is 9.67 Å². The number of hydrogen-bond donors (Lipinski definition) is 1. The number of halogens is 4. The molecule has 2 atom stereocenters. The van der Waals surface area contributed by atoms with Crippen LogP contribution in [0.1, 0.15) is 74.8 Å². The minimum Gasteiger partial charge on any atom is -0.476 e. The van der Waals surface area contributed by atoms with E-state index < -0.39 is 24.8 Å². The van der Waals surface area contributed by atoms with E-state index in [4.69, 9.17) is 9.47 Å². The van der Waals surface area contributed by atoms with Crippen LogP contribution in [0.15, 0.2) is 79.0 Å². The molecule has 4 aromatic rings. The van der Waals surface area contributed by atoms with Gasteiger partial charge < -0.3 is 19.7 Å². The predicted molar refractivity (Wildman–Crippen MR) is 191 cm³/mol. The normalized spacial score (nSPS) is 20.8. The SMILES string of the molecule is C[C@H]1CCN(C(=O)/C=C/CNC2(COc3ccc(/C(=C(/CC(F)(F)F)c4ccccc4)c4ccc5c(c4)c(F)nn5C4CCCCO4)cn3)CC2)C1. The van der Waals surface area contributed by atoms with E-state index in [9.17, 15) is 18.0 Å². The van der Waals surface area contributed by atoms with E-state index in [2.05, 4.69) is 22.3 Å². The maximum Gasteiger partial charge on any atom is 0.393 e. The van der Waals surface area contributed by atoms with E-state index in [1.54, 1.807) is 66.7 Å². The fraction of sp³-hybridized carbons (Fsp3) is 0.425. The lowest BCUT2D eigenvalue weighted by Crippen LogP contribution is -2.37. The van der Waals surface area contributed by atoms with Crippen molar-refractivity contribution < 1.29 is 31.8 Å². The highest BCUT2D eigenvalue weighted by atomic mass is 19.4. The summed E-state index contributed by atoms with van der Waals surface area (Å²) in [6.07, 6.45) is 4.24. The first kappa shape index (κ1) is 35.8. The molecule has 2 aromatic carbocycles. The maximum atomic E-state index is 15.4. The zero-order valence-electron chi connectivity index (χ0n) is 29.2. The molecule has 2 saturated heterocycles. The van der Waals surface area contributed by atoms with Gasteiger partial charge >= 0.3 is 6.18 Å². The van der Waals surface area contributed by atoms with Gasteiger partial charge in [0.25, 0.3) is 0 Å². The van der Waals surface area contributed by atoms with Gasteiger partial charge in [0.15, 0.2) is 6.23 Å². The molecule has 0 bridgehead atoms. The van der Waals surface area contributed by atoms with Crippen molar-refractivity contribution >= 4 is 28.0 Å². The average Bonchev–Trinajstić information content (AvgIpc) is 3.66. The van der Waals surface area contributed by atoms with Gasteiger partial charge in [0.1, 0.15) is 6.61 Å². The number of pyridine rings is 1. The second kappa shape index (κ2) is 15.2. The Morgan fingerprint density at radius 3 is 2.54 bits per heavy atom. The monoisotopic (exact) mass is 717 g/mol. The summed E-state index contributed by atoms with van der Waals surface area (Å²) in [5.74, 6) is 0.183. The molecule has 0 spiro atoms. The van der Waals surface area contributed by atoms with Gasteiger partial charge in [-0.1, -0.05) is 49.4 Å². The van der Waals surface area contributed by atoms with Gasteiger partial charge in [-0.05, 0) is 84.9 Å². The highest BCUT2D eigenvalue weighted by molar-refractivity contribution is 6.00. The molecule has 12 heteroatoms. The third-order valence-electron chi connectivity index (χ3n) is 10.1. The topological polar surface area (TPSA) is 81.5 Å². The second-order valence-corrected chi connectivity index (χ2v) is 14.2. The highest BCUT2D eigenvalue weighted by Crippen LogP contribution is 2.41. The largest absolute Gasteiger partial charge is 0.476 e. The molecule has 0 radical (unpaired) electrons. The Hall–Kier alpha value is -4.55. The number of alkyl halides is 3. The van der Waals surface area contributed by atoms with Crippen molar-refractivity contribution in [3.63, 3.8) is 0 Å². The van der Waals surface area contributed by atoms with Crippen LogP contribution in [0.2, 0.25) is 0 Å². The number of nitrogens with one attached hydrogen (secondary N) is 1. The number of carbonyl (C=O) groups is 1. The van der Waals surface area contributed by atoms with Gasteiger partial charge in [-0.2, -0.15) is 17.6 Å². The van der Waals surface area contributed by atoms with Crippen molar-refractivity contribution in [3.05, 3.63) is 102 Å². The molecule has 4 heterocycles. The summed E-state index contributed by atoms with van der Waals surface area (Å²) in [4.78, 5) is 18.8. The zero-order valence-corrected chi connectivity index (χ0v) is 29.2. The van der Waals surface area contributed by atoms with Crippen molar-refractivity contribution in [1.82, 2.24) is 25.0 Å². The number of allylic oxidation sites excluding steroid dienone is 1. The molecule has 274 valence electrons. The quantitative estimate of drug-likeness (QED) is 0.0907. The van der Waals surface area contributed by atoms with Gasteiger partial charge in [0.2, 0.25) is 17.7 Å². The Kier molecular flexibility index (Phi) is 10.5. The van der Waals surface area contributed by atoms with Gasteiger partial charge in [0, 0.05) is 50.1 Å². The number of rotatable bonds is 12. The summed E-state index contributed by atoms with van der Waals surface area (Å²) < 4.78 is 71.6. The molecule has 52 heavy (non-hydrogen) atoms. The molecule has 3 aliphatic rings. The Morgan fingerprint density at radius 1 is 1.06 bits per heavy atom. The van der Waals surface area contributed by atoms with Crippen LogP contribution in [-0.4, -0.2) is 70.1 Å². The molecule has 1 aliphatic carbocycles. The van der Waals surface area contributed by atoms with Crippen LogP contribution in [0.25, 0.3) is 22.0 Å². The van der Waals surface area contributed by atoms with Crippen molar-refractivity contribution in [2.75, 3.05) is 32.8 Å². The number of carbonyl (C=O) groups excluding carboxylic acids is 1. The number of benzene rings is 2. The molecule has 1 unspecified atom stereocenters. The van der Waals surface area contributed by atoms with Crippen LogP contribution in [0.5, 0.6) is 5.88 Å². The van der Waals surface area contributed by atoms with Crippen molar-refractivity contribution in [2.45, 2.75) is 69.8 Å². The summed E-state index contributed by atoms with van der Waals surface area (Å²) in [6.45, 7) is 5.17. The summed E-state index contributed by atoms with van der Waals surface area (Å²) >= 11 is 0. The molecule has 1 saturated carbocycles. The van der Waals surface area contributed by atoms with Gasteiger partial charge in [0.05, 0.1) is 22.9 Å². The summed E-state index contributed by atoms with van der Waals surface area (Å²) in [5, 5.41) is 7.80. The van der Waals surface area contributed by atoms with Crippen LogP contribution in [0.4, 0.5) is 17.6 Å². The number of hydrogen-bond acceptors (Lipinski definition) is 6. The number of fused-ring (bicyclic) bond motifs is 1. The van der Waals surface area contributed by atoms with E-state index >= 15 is 4.39 Å². The standard InChI is InChI=1S/C40H43F4N5O3/c1-27-16-20-48(25-27)35(50)10-7-19-46-39(17-18-39)26-52-34-15-13-30(24-45-34)37(32(23-40(42,43)44)28-8-3-2-4-9-28)29-12-14-33-31(22-29)38(41)47-49(33)36-11-5-6-21-51-36/h2-4,7-10,12-15,22,24,27,36,46H,5-6,11,16-21,23,25-26H2,1H3/b10-7+,37-32-/t27-,36?/m0/s1. The minimum atomic E-state index is -4.52. The maximum absolute atomic E-state index is 15.4. The first-order valence-electron chi connectivity index (χ1n) is 18.0. The van der Waals surface area contributed by atoms with Crippen LogP contribution in [0.3, 0.4) is 0 Å². The van der Waals surface area contributed by atoms with Gasteiger partial charge in [-0.3, -0.25) is 4.79 Å². The molecule has 2 aromatic heterocycles. The van der Waals surface area contributed by atoms with E-state index in [1.807, 2.05) is 11.0 Å². The number of amides is 1. The highest BCUT2D eigenvalue weighted by Gasteiger charge is 2.43. The van der Waals surface area contributed by atoms with Crippen molar-refractivity contribution in [1.29, 1.82) is 0 Å². The first-order chi connectivity index (χ1) is 25.1. The molecule has 7 rings (SSSR count). The Labute approximate surface area is 300 Å². The lowest BCUT2D eigenvalue weighted by molar-refractivity contribution is -0.125. The molecular formula is C40H43F4N5O3. The van der Waals surface area contributed by atoms with E-state index in [1.165, 1.54) is 10.9 Å². The predicted octanol–water partition coefficient (Wildman–Crippen LogP) is 8.11. The summed E-state index contributed by atoms with van der Waals surface area (Å²) in [5.41, 5.74) is 1.84. The smallest absolute Gasteiger partial charge is 0.393 e. The molecule has 3 fully saturated rings. The van der Waals surface area contributed by atoms with Crippen LogP contribution in [-0.2, 0) is 9.53 Å². The number of ether oxygens (including phenoxy) is 2. The van der Waals surface area contributed by atoms with E-state index in [0.717, 1.165) is 45.2 Å². The minimum absolute atomic E-state index is 0.0322. The lowest BCUT2D eigenvalue weighted by Gasteiger charge is -2.23. The van der Waals surface area contributed by atoms with Gasteiger partial charge in [-0.15, -0.1) is 5.10 Å². The van der Waals surface area contributed by atoms with E-state index in [-0.39, 0.29) is 28.0 Å². The van der Waals surface area contributed by atoms with Crippen molar-refractivity contribution in [2.24, 2.45) is 5.92 Å².